The van der Waals surface area contributed by atoms with Crippen molar-refractivity contribution in [3.8, 4) is 0 Å². The first-order chi connectivity index (χ1) is 14.5. The number of allylic oxidation sites excluding steroid dienone is 1. The number of carboxylic acids is 1. The van der Waals surface area contributed by atoms with Gasteiger partial charge in [0, 0.05) is 12.1 Å². The second kappa shape index (κ2) is 8.16. The Balaban J connectivity index is 1.66. The van der Waals surface area contributed by atoms with Gasteiger partial charge in [0.25, 0.3) is 5.95 Å². The molecule has 0 radical (unpaired) electrons. The minimum Gasteiger partial charge on any atom is -0.481 e. The highest BCUT2D eigenvalue weighted by atomic mass is 19.1. The highest BCUT2D eigenvalue weighted by molar-refractivity contribution is 5.91. The van der Waals surface area contributed by atoms with Crippen LogP contribution in [0.5, 0.6) is 0 Å². The van der Waals surface area contributed by atoms with E-state index in [0.717, 1.165) is 16.8 Å². The quantitative estimate of drug-likeness (QED) is 0.579. The Morgan fingerprint density at radius 2 is 1.83 bits per heavy atom. The van der Waals surface area contributed by atoms with Crippen LogP contribution in [0.3, 0.4) is 0 Å². The molecule has 1 amide bonds. The Morgan fingerprint density at radius 3 is 2.53 bits per heavy atom. The van der Waals surface area contributed by atoms with E-state index in [1.165, 1.54) is 12.1 Å². The van der Waals surface area contributed by atoms with Gasteiger partial charge in [0.05, 0.1) is 6.42 Å². The maximum absolute atomic E-state index is 13.4. The molecule has 152 valence electrons. The largest absolute Gasteiger partial charge is 0.481 e. The minimum atomic E-state index is -1.06. The number of amides is 1. The van der Waals surface area contributed by atoms with E-state index in [2.05, 4.69) is 20.7 Å². The molecule has 8 nitrogen and oxygen atoms in total. The third-order valence-electron chi connectivity index (χ3n) is 4.58. The van der Waals surface area contributed by atoms with Crippen LogP contribution in [0, 0.1) is 5.82 Å². The topological polar surface area (TPSA) is 109 Å². The van der Waals surface area contributed by atoms with Crippen molar-refractivity contribution in [3.63, 3.8) is 0 Å². The number of nitrogens with one attached hydrogen (secondary N) is 2. The van der Waals surface area contributed by atoms with Gasteiger partial charge in [-0.2, -0.15) is 4.98 Å². The number of carboxylic acid groups (broad SMARTS) is 1. The van der Waals surface area contributed by atoms with Crippen LogP contribution in [-0.2, 0) is 9.59 Å². The fourth-order valence-electron chi connectivity index (χ4n) is 3.14. The maximum Gasteiger partial charge on any atom is 0.303 e. The van der Waals surface area contributed by atoms with Gasteiger partial charge in [-0.3, -0.25) is 14.9 Å². The van der Waals surface area contributed by atoms with Crippen molar-refractivity contribution in [1.82, 2.24) is 14.8 Å². The second-order valence-electron chi connectivity index (χ2n) is 6.71. The third-order valence-corrected chi connectivity index (χ3v) is 4.58. The highest BCUT2D eigenvalue weighted by Crippen LogP contribution is 2.33. The molecule has 0 fully saturated rings. The number of hydrogen-bond acceptors (Lipinski definition) is 5. The van der Waals surface area contributed by atoms with Crippen LogP contribution in [-0.4, -0.2) is 31.7 Å². The maximum atomic E-state index is 13.4. The first-order valence-corrected chi connectivity index (χ1v) is 9.27. The standard InChI is InChI=1S/C21H18FN5O3/c22-15-8-6-14(7-9-15)17-12-16(13-4-2-1-3-5-13)23-21-25-20(26-27(17)21)24-18(28)10-11-19(29)30/h1-9,12,17H,10-11H2,(H,29,30)(H2,23,24,25,26,28)/t17-/m1/s1. The van der Waals surface area contributed by atoms with Crippen LogP contribution >= 0.6 is 0 Å². The lowest BCUT2D eigenvalue weighted by molar-refractivity contribution is -0.138. The Morgan fingerprint density at radius 1 is 1.10 bits per heavy atom. The van der Waals surface area contributed by atoms with Crippen molar-refractivity contribution in [2.24, 2.45) is 0 Å². The van der Waals surface area contributed by atoms with Crippen LogP contribution < -0.4 is 10.6 Å². The van der Waals surface area contributed by atoms with Crippen molar-refractivity contribution in [3.05, 3.63) is 77.6 Å². The molecule has 3 aromatic rings. The lowest BCUT2D eigenvalue weighted by Gasteiger charge is -2.24. The second-order valence-corrected chi connectivity index (χ2v) is 6.71. The molecule has 1 atom stereocenters. The van der Waals surface area contributed by atoms with Gasteiger partial charge >= 0.3 is 5.97 Å². The molecule has 0 bridgehead atoms. The number of carbonyl (C=O) groups is 2. The number of rotatable bonds is 6. The zero-order valence-electron chi connectivity index (χ0n) is 15.7. The fraction of sp³-hybridized carbons (Fsp3) is 0.143. The summed E-state index contributed by atoms with van der Waals surface area (Å²) >= 11 is 0. The van der Waals surface area contributed by atoms with Gasteiger partial charge < -0.3 is 10.4 Å². The predicted molar refractivity (Wildman–Crippen MR) is 108 cm³/mol. The van der Waals surface area contributed by atoms with Crippen LogP contribution in [0.1, 0.15) is 30.0 Å². The van der Waals surface area contributed by atoms with Gasteiger partial charge in [0.1, 0.15) is 11.9 Å². The van der Waals surface area contributed by atoms with Crippen molar-refractivity contribution >= 4 is 29.5 Å². The van der Waals surface area contributed by atoms with Gasteiger partial charge in [-0.25, -0.2) is 9.07 Å². The lowest BCUT2D eigenvalue weighted by atomic mass is 10.0. The SMILES string of the molecule is O=C(O)CCC(=O)Nc1nc2n(n1)[C@@H](c1ccc(F)cc1)C=C(c1ccccc1)N2. The summed E-state index contributed by atoms with van der Waals surface area (Å²) in [7, 11) is 0. The monoisotopic (exact) mass is 407 g/mol. The van der Waals surface area contributed by atoms with Crippen LogP contribution in [0.2, 0.25) is 0 Å². The molecule has 0 spiro atoms. The molecule has 3 N–H and O–H groups in total. The molecule has 30 heavy (non-hydrogen) atoms. The summed E-state index contributed by atoms with van der Waals surface area (Å²) in [5, 5.41) is 18.8. The van der Waals surface area contributed by atoms with E-state index in [1.54, 1.807) is 16.8 Å². The first-order valence-electron chi connectivity index (χ1n) is 9.27. The molecule has 4 rings (SSSR count). The summed E-state index contributed by atoms with van der Waals surface area (Å²) in [6.07, 6.45) is 1.48. The van der Waals surface area contributed by atoms with Gasteiger partial charge in [-0.15, -0.1) is 5.10 Å². The molecule has 1 aromatic heterocycles. The molecule has 1 aliphatic heterocycles. The highest BCUT2D eigenvalue weighted by Gasteiger charge is 2.26. The van der Waals surface area contributed by atoms with Gasteiger partial charge in [-0.05, 0) is 29.3 Å². The number of nitrogens with zero attached hydrogens (tertiary/aromatic N) is 3. The van der Waals surface area contributed by atoms with E-state index in [-0.39, 0.29) is 30.6 Å². The molecule has 0 aliphatic carbocycles. The first kappa shape index (κ1) is 19.3. The summed E-state index contributed by atoms with van der Waals surface area (Å²) in [5.74, 6) is -1.43. The summed E-state index contributed by atoms with van der Waals surface area (Å²) in [6, 6.07) is 15.3. The fourth-order valence-corrected chi connectivity index (χ4v) is 3.14. The summed E-state index contributed by atoms with van der Waals surface area (Å²) in [5.41, 5.74) is 2.53. The van der Waals surface area contributed by atoms with E-state index < -0.39 is 11.9 Å². The van der Waals surface area contributed by atoms with Gasteiger partial charge in [-0.1, -0.05) is 42.5 Å². The van der Waals surface area contributed by atoms with Crippen LogP contribution in [0.25, 0.3) is 5.70 Å². The van der Waals surface area contributed by atoms with Crippen LogP contribution in [0.4, 0.5) is 16.3 Å². The van der Waals surface area contributed by atoms with E-state index in [9.17, 15) is 14.0 Å². The molecule has 1 aliphatic rings. The van der Waals surface area contributed by atoms with Crippen LogP contribution in [0.15, 0.2) is 60.7 Å². The average Bonchev–Trinajstić information content (AvgIpc) is 3.15. The molecule has 9 heteroatoms. The predicted octanol–water partition coefficient (Wildman–Crippen LogP) is 3.28. The molecule has 2 aromatic carbocycles. The average molecular weight is 407 g/mol. The smallest absolute Gasteiger partial charge is 0.303 e. The van der Waals surface area contributed by atoms with E-state index in [0.29, 0.717) is 5.95 Å². The molecule has 0 unspecified atom stereocenters. The number of aromatic nitrogens is 3. The normalized spacial score (nSPS) is 15.0. The Kier molecular flexibility index (Phi) is 5.25. The number of halogens is 1. The summed E-state index contributed by atoms with van der Waals surface area (Å²) in [4.78, 5) is 27.0. The molecule has 2 heterocycles. The van der Waals surface area contributed by atoms with Crippen molar-refractivity contribution in [2.45, 2.75) is 18.9 Å². The van der Waals surface area contributed by atoms with Crippen molar-refractivity contribution in [1.29, 1.82) is 0 Å². The number of carbonyl (C=O) groups excluding carboxylic acids is 1. The zero-order valence-corrected chi connectivity index (χ0v) is 15.7. The molecular weight excluding hydrogens is 389 g/mol. The molecule has 0 saturated carbocycles. The number of aliphatic carboxylic acids is 1. The Labute approximate surface area is 171 Å². The number of anilines is 2. The third kappa shape index (κ3) is 4.19. The summed E-state index contributed by atoms with van der Waals surface area (Å²) in [6.45, 7) is 0. The lowest BCUT2D eigenvalue weighted by Crippen LogP contribution is -2.20. The Bertz CT molecular complexity index is 1110. The molecule has 0 saturated heterocycles. The zero-order chi connectivity index (χ0) is 21.1. The van der Waals surface area contributed by atoms with E-state index >= 15 is 0 Å². The summed E-state index contributed by atoms with van der Waals surface area (Å²) < 4.78 is 15.0. The van der Waals surface area contributed by atoms with Gasteiger partial charge in [0.15, 0.2) is 0 Å². The Hall–Kier alpha value is -4.01. The molecular formula is C21H18FN5O3. The van der Waals surface area contributed by atoms with Crippen molar-refractivity contribution in [2.75, 3.05) is 10.6 Å². The van der Waals surface area contributed by atoms with E-state index in [1.807, 2.05) is 36.4 Å². The number of benzene rings is 2. The minimum absolute atomic E-state index is 0.0581. The van der Waals surface area contributed by atoms with Gasteiger partial charge in [0.2, 0.25) is 11.9 Å². The number of hydrogen-bond donors (Lipinski definition) is 3. The number of fused-ring (bicyclic) bond motifs is 1. The van der Waals surface area contributed by atoms with Crippen molar-refractivity contribution < 1.29 is 19.1 Å². The van der Waals surface area contributed by atoms with E-state index in [4.69, 9.17) is 5.11 Å².